The van der Waals surface area contributed by atoms with Crippen LogP contribution in [-0.2, 0) is 10.9 Å². The van der Waals surface area contributed by atoms with E-state index in [-0.39, 0.29) is 12.3 Å². The molecule has 0 saturated carbocycles. The van der Waals surface area contributed by atoms with Crippen molar-refractivity contribution in [3.05, 3.63) is 23.8 Å². The molecule has 1 unspecified atom stereocenters. The third-order valence-corrected chi connectivity index (χ3v) is 3.39. The number of morpholine rings is 1. The highest BCUT2D eigenvalue weighted by Gasteiger charge is 2.36. The van der Waals surface area contributed by atoms with Crippen molar-refractivity contribution in [2.45, 2.75) is 31.7 Å². The normalized spacial score (nSPS) is 22.4. The van der Waals surface area contributed by atoms with Crippen molar-refractivity contribution in [1.29, 1.82) is 0 Å². The first kappa shape index (κ1) is 15.9. The molecule has 1 aliphatic rings. The van der Waals surface area contributed by atoms with Gasteiger partial charge in [-0.15, -0.1) is 0 Å². The van der Waals surface area contributed by atoms with Gasteiger partial charge in [-0.2, -0.15) is 13.2 Å². The van der Waals surface area contributed by atoms with Crippen LogP contribution in [0.25, 0.3) is 0 Å². The van der Waals surface area contributed by atoms with E-state index in [0.717, 1.165) is 6.07 Å². The van der Waals surface area contributed by atoms with Gasteiger partial charge in [-0.05, 0) is 32.0 Å². The van der Waals surface area contributed by atoms with E-state index in [2.05, 4.69) is 0 Å². The smallest absolute Gasteiger partial charge is 0.398 e. The number of ether oxygens (including phenoxy) is 1. The fraction of sp³-hybridized carbons (Fsp3) is 0.571. The van der Waals surface area contributed by atoms with Gasteiger partial charge < -0.3 is 20.5 Å². The molecule has 0 spiro atoms. The van der Waals surface area contributed by atoms with Gasteiger partial charge in [0.2, 0.25) is 0 Å². The molecule has 21 heavy (non-hydrogen) atoms. The van der Waals surface area contributed by atoms with Gasteiger partial charge in [0.25, 0.3) is 0 Å². The second-order valence-corrected chi connectivity index (χ2v) is 5.83. The number of benzene rings is 1. The highest BCUT2D eigenvalue weighted by molar-refractivity contribution is 5.60. The Morgan fingerprint density at radius 1 is 1.43 bits per heavy atom. The molecule has 4 nitrogen and oxygen atoms in total. The van der Waals surface area contributed by atoms with Gasteiger partial charge in [-0.25, -0.2) is 0 Å². The molecule has 1 atom stereocenters. The predicted octanol–water partition coefficient (Wildman–Crippen LogP) is 2.26. The number of aliphatic hydroxyl groups is 1. The predicted molar refractivity (Wildman–Crippen MR) is 74.1 cm³/mol. The summed E-state index contributed by atoms with van der Waals surface area (Å²) in [6, 6.07) is 3.86. The third-order valence-electron chi connectivity index (χ3n) is 3.39. The molecule has 1 aliphatic heterocycles. The number of halogens is 3. The number of anilines is 2. The van der Waals surface area contributed by atoms with Gasteiger partial charge in [0.15, 0.2) is 0 Å². The molecular weight excluding hydrogens is 285 g/mol. The van der Waals surface area contributed by atoms with E-state index in [1.165, 1.54) is 6.07 Å². The van der Waals surface area contributed by atoms with E-state index < -0.39 is 23.4 Å². The lowest BCUT2D eigenvalue weighted by Crippen LogP contribution is -2.54. The first-order chi connectivity index (χ1) is 9.62. The van der Waals surface area contributed by atoms with Crippen LogP contribution in [0.2, 0.25) is 0 Å². The fourth-order valence-electron chi connectivity index (χ4n) is 2.57. The minimum absolute atomic E-state index is 0.180. The first-order valence-corrected chi connectivity index (χ1v) is 6.63. The van der Waals surface area contributed by atoms with Gasteiger partial charge >= 0.3 is 6.18 Å². The van der Waals surface area contributed by atoms with Crippen molar-refractivity contribution in [1.82, 2.24) is 0 Å². The molecule has 2 rings (SSSR count). The van der Waals surface area contributed by atoms with Crippen LogP contribution in [0.1, 0.15) is 19.4 Å². The highest BCUT2D eigenvalue weighted by Crippen LogP contribution is 2.37. The minimum Gasteiger partial charge on any atom is -0.398 e. The second kappa shape index (κ2) is 5.38. The molecule has 1 aromatic carbocycles. The van der Waals surface area contributed by atoms with Crippen LogP contribution in [-0.4, -0.2) is 36.5 Å². The van der Waals surface area contributed by atoms with Crippen LogP contribution >= 0.6 is 0 Å². The maximum absolute atomic E-state index is 12.9. The first-order valence-electron chi connectivity index (χ1n) is 6.63. The topological polar surface area (TPSA) is 58.7 Å². The van der Waals surface area contributed by atoms with Crippen LogP contribution in [0.15, 0.2) is 18.2 Å². The Kier molecular flexibility index (Phi) is 4.08. The number of nitrogens with two attached hydrogens (primary N) is 1. The zero-order valence-corrected chi connectivity index (χ0v) is 11.9. The van der Waals surface area contributed by atoms with E-state index >= 15 is 0 Å². The zero-order valence-electron chi connectivity index (χ0n) is 11.9. The lowest BCUT2D eigenvalue weighted by molar-refractivity contribution is -0.136. The van der Waals surface area contributed by atoms with Gasteiger partial charge in [0.1, 0.15) is 0 Å². The molecular formula is C14H19F3N2O2. The summed E-state index contributed by atoms with van der Waals surface area (Å²) in [6.45, 7) is 4.26. The molecule has 118 valence electrons. The van der Waals surface area contributed by atoms with Crippen LogP contribution in [0.3, 0.4) is 0 Å². The number of aliphatic hydroxyl groups excluding tert-OH is 1. The van der Waals surface area contributed by atoms with Crippen LogP contribution in [0, 0.1) is 0 Å². The summed E-state index contributed by atoms with van der Waals surface area (Å²) in [7, 11) is 0. The minimum atomic E-state index is -4.49. The van der Waals surface area contributed by atoms with Crippen LogP contribution < -0.4 is 10.6 Å². The van der Waals surface area contributed by atoms with Gasteiger partial charge in [0.05, 0.1) is 23.9 Å². The Hall–Kier alpha value is -1.47. The maximum atomic E-state index is 12.9. The molecule has 1 fully saturated rings. The van der Waals surface area contributed by atoms with Crippen molar-refractivity contribution in [3.63, 3.8) is 0 Å². The molecule has 3 N–H and O–H groups in total. The quantitative estimate of drug-likeness (QED) is 0.823. The molecule has 0 radical (unpaired) electrons. The van der Waals surface area contributed by atoms with E-state index in [9.17, 15) is 18.3 Å². The Morgan fingerprint density at radius 3 is 2.67 bits per heavy atom. The Morgan fingerprint density at radius 2 is 2.10 bits per heavy atom. The number of hydrogen-bond donors (Lipinski definition) is 2. The van der Waals surface area contributed by atoms with Crippen LogP contribution in [0.5, 0.6) is 0 Å². The Labute approximate surface area is 121 Å². The third kappa shape index (κ3) is 3.59. The number of rotatable bonds is 2. The van der Waals surface area contributed by atoms with Gasteiger partial charge in [0, 0.05) is 24.5 Å². The zero-order chi connectivity index (χ0) is 15.8. The molecule has 1 heterocycles. The molecule has 0 aromatic heterocycles. The summed E-state index contributed by atoms with van der Waals surface area (Å²) in [5.74, 6) is 0. The van der Waals surface area contributed by atoms with E-state index in [4.69, 9.17) is 10.5 Å². The highest BCUT2D eigenvalue weighted by atomic mass is 19.4. The average Bonchev–Trinajstić information content (AvgIpc) is 2.35. The van der Waals surface area contributed by atoms with Crippen molar-refractivity contribution in [2.24, 2.45) is 0 Å². The summed E-state index contributed by atoms with van der Waals surface area (Å²) in [6.07, 6.45) is -4.92. The lowest BCUT2D eigenvalue weighted by atomic mass is 10.0. The number of hydrogen-bond acceptors (Lipinski definition) is 4. The summed E-state index contributed by atoms with van der Waals surface area (Å²) >= 11 is 0. The van der Waals surface area contributed by atoms with Crippen molar-refractivity contribution in [2.75, 3.05) is 30.3 Å². The monoisotopic (exact) mass is 304 g/mol. The van der Waals surface area contributed by atoms with Crippen molar-refractivity contribution >= 4 is 11.4 Å². The number of alkyl halides is 3. The van der Waals surface area contributed by atoms with Crippen molar-refractivity contribution in [3.8, 4) is 0 Å². The molecule has 7 heteroatoms. The summed E-state index contributed by atoms with van der Waals surface area (Å²) in [5.41, 5.74) is 4.14. The second-order valence-electron chi connectivity index (χ2n) is 5.83. The standard InChI is InChI=1S/C14H19F3N2O2/c1-13(2)8-19(6-10(7-20)21-13)9-3-4-12(18)11(5-9)14(15,16)17/h3-5,10,20H,6-8,18H2,1-2H3. The lowest BCUT2D eigenvalue weighted by Gasteiger charge is -2.43. The molecule has 1 saturated heterocycles. The molecule has 1 aromatic rings. The molecule has 0 aliphatic carbocycles. The summed E-state index contributed by atoms with van der Waals surface area (Å²) < 4.78 is 44.4. The van der Waals surface area contributed by atoms with E-state index in [0.29, 0.717) is 18.8 Å². The maximum Gasteiger partial charge on any atom is 0.418 e. The summed E-state index contributed by atoms with van der Waals surface area (Å²) in [5, 5.41) is 9.26. The molecule has 0 bridgehead atoms. The number of nitrogen functional groups attached to an aromatic ring is 1. The van der Waals surface area contributed by atoms with Crippen molar-refractivity contribution < 1.29 is 23.0 Å². The Balaban J connectivity index is 2.33. The van der Waals surface area contributed by atoms with Gasteiger partial charge in [-0.1, -0.05) is 0 Å². The SMILES string of the molecule is CC1(C)CN(c2ccc(N)c(C(F)(F)F)c2)CC(CO)O1. The van der Waals surface area contributed by atoms with E-state index in [1.54, 1.807) is 11.0 Å². The number of nitrogens with zero attached hydrogens (tertiary/aromatic N) is 1. The fourth-order valence-corrected chi connectivity index (χ4v) is 2.57. The average molecular weight is 304 g/mol. The van der Waals surface area contributed by atoms with E-state index in [1.807, 2.05) is 13.8 Å². The molecule has 0 amide bonds. The Bertz CT molecular complexity index is 517. The van der Waals surface area contributed by atoms with Crippen LogP contribution in [0.4, 0.5) is 24.5 Å². The largest absolute Gasteiger partial charge is 0.418 e. The van der Waals surface area contributed by atoms with Gasteiger partial charge in [-0.3, -0.25) is 0 Å². The summed E-state index contributed by atoms with van der Waals surface area (Å²) in [4.78, 5) is 1.78.